The number of phenolic OH excluding ortho intramolecular Hbond substituents is 1. The minimum atomic E-state index is -0.554. The average Bonchev–Trinajstić information content (AvgIpc) is 3.71. The van der Waals surface area contributed by atoms with Gasteiger partial charge in [0.25, 0.3) is 5.91 Å². The van der Waals surface area contributed by atoms with E-state index >= 15 is 0 Å². The first-order valence-electron chi connectivity index (χ1n) is 13.5. The fourth-order valence-electron chi connectivity index (χ4n) is 5.39. The van der Waals surface area contributed by atoms with Crippen LogP contribution in [0.15, 0.2) is 83.5 Å². The first kappa shape index (κ1) is 27.0. The van der Waals surface area contributed by atoms with Gasteiger partial charge in [0.2, 0.25) is 5.75 Å². The van der Waals surface area contributed by atoms with Gasteiger partial charge in [-0.3, -0.25) is 9.48 Å². The molecule has 0 aliphatic carbocycles. The highest BCUT2D eigenvalue weighted by Gasteiger charge is 2.44. The number of aromatic nitrogens is 2. The lowest BCUT2D eigenvalue weighted by Gasteiger charge is -2.26. The number of ether oxygens (including phenoxy) is 3. The lowest BCUT2D eigenvalue weighted by atomic mass is 9.95. The molecule has 5 aromatic rings. The second-order valence-corrected chi connectivity index (χ2v) is 10.2. The van der Waals surface area contributed by atoms with Gasteiger partial charge in [0.15, 0.2) is 11.5 Å². The second kappa shape index (κ2) is 11.0. The van der Waals surface area contributed by atoms with E-state index in [0.717, 1.165) is 22.4 Å². The maximum atomic E-state index is 13.9. The molecular formula is C33H31N3O6. The van der Waals surface area contributed by atoms with Crippen LogP contribution in [0.5, 0.6) is 23.0 Å². The Kier molecular flexibility index (Phi) is 7.08. The topological polar surface area (TPSA) is 99.2 Å². The Balaban J connectivity index is 1.40. The van der Waals surface area contributed by atoms with Crippen molar-refractivity contribution in [3.8, 4) is 34.3 Å². The third kappa shape index (κ3) is 4.83. The Morgan fingerprint density at radius 1 is 0.976 bits per heavy atom. The van der Waals surface area contributed by atoms with E-state index in [1.807, 2.05) is 30.3 Å². The third-order valence-electron chi connectivity index (χ3n) is 7.51. The van der Waals surface area contributed by atoms with Crippen LogP contribution in [0.1, 0.15) is 44.5 Å². The zero-order valence-electron chi connectivity index (χ0n) is 23.8. The summed E-state index contributed by atoms with van der Waals surface area (Å²) in [7, 11) is 4.72. The number of carbonyl (C=O) groups excluding carboxylic acids is 1. The highest BCUT2D eigenvalue weighted by atomic mass is 16.5. The van der Waals surface area contributed by atoms with Gasteiger partial charge < -0.3 is 28.6 Å². The predicted molar refractivity (Wildman–Crippen MR) is 156 cm³/mol. The number of fused-ring (bicyclic) bond motifs is 1. The van der Waals surface area contributed by atoms with Crippen LogP contribution < -0.4 is 14.2 Å². The van der Waals surface area contributed by atoms with E-state index in [2.05, 4.69) is 31.2 Å². The fraction of sp³-hybridized carbons (Fsp3) is 0.212. The van der Waals surface area contributed by atoms with E-state index in [1.165, 1.54) is 19.8 Å². The Morgan fingerprint density at radius 3 is 2.29 bits per heavy atom. The number of benzene rings is 3. The van der Waals surface area contributed by atoms with Crippen molar-refractivity contribution in [1.82, 2.24) is 14.7 Å². The van der Waals surface area contributed by atoms with Crippen molar-refractivity contribution >= 4 is 5.91 Å². The van der Waals surface area contributed by atoms with Crippen molar-refractivity contribution in [3.05, 3.63) is 113 Å². The van der Waals surface area contributed by atoms with Crippen LogP contribution in [0.2, 0.25) is 0 Å². The average molecular weight is 566 g/mol. The summed E-state index contributed by atoms with van der Waals surface area (Å²) < 4.78 is 24.2. The number of hydrogen-bond donors (Lipinski definition) is 1. The molecule has 1 aliphatic heterocycles. The zero-order chi connectivity index (χ0) is 29.4. The van der Waals surface area contributed by atoms with Gasteiger partial charge in [0.05, 0.1) is 38.8 Å². The number of hydrogen-bond acceptors (Lipinski definition) is 7. The smallest absolute Gasteiger partial charge is 0.273 e. The van der Waals surface area contributed by atoms with E-state index in [9.17, 15) is 9.90 Å². The Bertz CT molecular complexity index is 1700. The lowest BCUT2D eigenvalue weighted by Crippen LogP contribution is -2.29. The van der Waals surface area contributed by atoms with Gasteiger partial charge in [-0.05, 0) is 66.6 Å². The van der Waals surface area contributed by atoms with Crippen LogP contribution in [0.3, 0.4) is 0 Å². The molecule has 0 bridgehead atoms. The minimum absolute atomic E-state index is 0.112. The second-order valence-electron chi connectivity index (χ2n) is 10.2. The van der Waals surface area contributed by atoms with Crippen molar-refractivity contribution < 1.29 is 28.5 Å². The number of aromatic hydroxyl groups is 1. The standard InChI is InChI=1S/C33H31N3O6/c1-20-7-9-21(10-8-20)19-42-24-13-11-22(12-14-24)29-28-30(23-16-26(39-3)32(37)27(17-23)40-4)36(18-25-6-5-15-41-25)33(38)31(28)35(2)34-29/h5-17,30,37H,18-19H2,1-4H3/t30-/m1/s1. The Hall–Kier alpha value is -5.18. The molecule has 0 spiro atoms. The molecule has 0 fully saturated rings. The van der Waals surface area contributed by atoms with E-state index in [4.69, 9.17) is 23.7 Å². The van der Waals surface area contributed by atoms with Gasteiger partial charge in [0.1, 0.15) is 23.8 Å². The zero-order valence-corrected chi connectivity index (χ0v) is 23.8. The summed E-state index contributed by atoms with van der Waals surface area (Å²) in [6.45, 7) is 2.75. The van der Waals surface area contributed by atoms with Crippen LogP contribution in [0.4, 0.5) is 0 Å². The Labute approximate surface area is 243 Å². The third-order valence-corrected chi connectivity index (χ3v) is 7.51. The molecule has 1 amide bonds. The molecule has 1 N–H and O–H groups in total. The molecule has 42 heavy (non-hydrogen) atoms. The summed E-state index contributed by atoms with van der Waals surface area (Å²) in [4.78, 5) is 15.7. The van der Waals surface area contributed by atoms with Crippen molar-refractivity contribution in [3.63, 3.8) is 0 Å². The fourth-order valence-corrected chi connectivity index (χ4v) is 5.39. The molecule has 0 saturated carbocycles. The van der Waals surface area contributed by atoms with Crippen molar-refractivity contribution in [2.45, 2.75) is 26.1 Å². The van der Waals surface area contributed by atoms with Gasteiger partial charge in [-0.1, -0.05) is 29.8 Å². The summed E-state index contributed by atoms with van der Waals surface area (Å²) in [5.74, 6) is 1.55. The monoisotopic (exact) mass is 565 g/mol. The van der Waals surface area contributed by atoms with Crippen molar-refractivity contribution in [2.24, 2.45) is 7.05 Å². The normalized spacial score (nSPS) is 14.2. The molecule has 0 saturated heterocycles. The SMILES string of the molecule is COc1cc([C@@H]2c3c(-c4ccc(OCc5ccc(C)cc5)cc4)nn(C)c3C(=O)N2Cc2ccco2)cc(OC)c1O. The number of amides is 1. The number of rotatable bonds is 9. The molecule has 2 aromatic heterocycles. The molecule has 9 nitrogen and oxygen atoms in total. The van der Waals surface area contributed by atoms with E-state index in [1.54, 1.807) is 41.1 Å². The maximum absolute atomic E-state index is 13.9. The molecule has 1 atom stereocenters. The number of phenols is 1. The highest BCUT2D eigenvalue weighted by Crippen LogP contribution is 2.48. The van der Waals surface area contributed by atoms with Gasteiger partial charge in [0, 0.05) is 18.2 Å². The molecule has 0 radical (unpaired) electrons. The van der Waals surface area contributed by atoms with Crippen molar-refractivity contribution in [2.75, 3.05) is 14.2 Å². The predicted octanol–water partition coefficient (Wildman–Crippen LogP) is 6.04. The maximum Gasteiger partial charge on any atom is 0.273 e. The summed E-state index contributed by atoms with van der Waals surface area (Å²) in [6.07, 6.45) is 1.58. The van der Waals surface area contributed by atoms with Gasteiger partial charge >= 0.3 is 0 Å². The molecule has 3 aromatic carbocycles. The molecule has 9 heteroatoms. The Morgan fingerprint density at radius 2 is 1.67 bits per heavy atom. The van der Waals surface area contributed by atoms with Crippen molar-refractivity contribution in [1.29, 1.82) is 0 Å². The molecule has 6 rings (SSSR count). The van der Waals surface area contributed by atoms with Gasteiger partial charge in [-0.25, -0.2) is 0 Å². The summed E-state index contributed by atoms with van der Waals surface area (Å²) in [6, 6.07) is 22.5. The molecule has 3 heterocycles. The van der Waals surface area contributed by atoms with E-state index < -0.39 is 6.04 Å². The number of furan rings is 1. The highest BCUT2D eigenvalue weighted by molar-refractivity contribution is 6.00. The van der Waals surface area contributed by atoms with Crippen LogP contribution >= 0.6 is 0 Å². The van der Waals surface area contributed by atoms with E-state index in [-0.39, 0.29) is 29.7 Å². The quantitative estimate of drug-likeness (QED) is 0.233. The summed E-state index contributed by atoms with van der Waals surface area (Å²) in [5.41, 5.74) is 5.73. The lowest BCUT2D eigenvalue weighted by molar-refractivity contribution is 0.0712. The summed E-state index contributed by atoms with van der Waals surface area (Å²) >= 11 is 0. The first-order chi connectivity index (χ1) is 20.4. The molecule has 1 aliphatic rings. The van der Waals surface area contributed by atoms with E-state index in [0.29, 0.717) is 29.3 Å². The summed E-state index contributed by atoms with van der Waals surface area (Å²) in [5, 5.41) is 15.4. The number of carbonyl (C=O) groups is 1. The molecular weight excluding hydrogens is 534 g/mol. The van der Waals surface area contributed by atoms with Crippen LogP contribution in [0, 0.1) is 6.92 Å². The number of nitrogens with zero attached hydrogens (tertiary/aromatic N) is 3. The van der Waals surface area contributed by atoms with Crippen LogP contribution in [0.25, 0.3) is 11.3 Å². The van der Waals surface area contributed by atoms with Crippen LogP contribution in [-0.2, 0) is 20.2 Å². The number of aryl methyl sites for hydroxylation is 2. The van der Waals surface area contributed by atoms with Gasteiger partial charge in [-0.2, -0.15) is 5.10 Å². The molecule has 0 unspecified atom stereocenters. The number of methoxy groups -OCH3 is 2. The van der Waals surface area contributed by atoms with Crippen LogP contribution in [-0.4, -0.2) is 39.9 Å². The van der Waals surface area contributed by atoms with Gasteiger partial charge in [-0.15, -0.1) is 0 Å². The molecule has 214 valence electrons. The largest absolute Gasteiger partial charge is 0.502 e. The minimum Gasteiger partial charge on any atom is -0.502 e. The first-order valence-corrected chi connectivity index (χ1v) is 13.5.